The summed E-state index contributed by atoms with van der Waals surface area (Å²) < 4.78 is 17.5. The molecular weight excluding hydrogens is 380 g/mol. The average Bonchev–Trinajstić information content (AvgIpc) is 2.99. The predicted octanol–water partition coefficient (Wildman–Crippen LogP) is 3.75. The van der Waals surface area contributed by atoms with Crippen LogP contribution in [0.5, 0.6) is 5.75 Å². The van der Waals surface area contributed by atoms with Crippen molar-refractivity contribution in [2.45, 2.75) is 45.1 Å². The Morgan fingerprint density at radius 2 is 2.17 bits per heavy atom. The summed E-state index contributed by atoms with van der Waals surface area (Å²) in [7, 11) is 1.99. The highest BCUT2D eigenvalue weighted by Crippen LogP contribution is 2.37. The van der Waals surface area contributed by atoms with Gasteiger partial charge in [0.05, 0.1) is 24.4 Å². The molecule has 0 aromatic heterocycles. The molecule has 0 radical (unpaired) electrons. The largest absolute Gasteiger partial charge is 0.490 e. The van der Waals surface area contributed by atoms with Gasteiger partial charge in [0.25, 0.3) is 0 Å². The number of amidine groups is 2. The summed E-state index contributed by atoms with van der Waals surface area (Å²) >= 11 is 0. The maximum atomic E-state index is 6.44. The fourth-order valence-corrected chi connectivity index (χ4v) is 3.69. The summed E-state index contributed by atoms with van der Waals surface area (Å²) in [6, 6.07) is 5.89. The molecule has 2 aliphatic rings. The predicted molar refractivity (Wildman–Crippen MR) is 122 cm³/mol. The van der Waals surface area contributed by atoms with Crippen LogP contribution in [0.4, 0.5) is 5.69 Å². The van der Waals surface area contributed by atoms with Gasteiger partial charge < -0.3 is 24.8 Å². The minimum absolute atomic E-state index is 0.116. The van der Waals surface area contributed by atoms with E-state index in [0.29, 0.717) is 19.0 Å². The first-order valence-corrected chi connectivity index (χ1v) is 10.8. The van der Waals surface area contributed by atoms with Gasteiger partial charge in [-0.2, -0.15) is 0 Å². The second kappa shape index (κ2) is 11.1. The molecule has 2 N–H and O–H groups in total. The van der Waals surface area contributed by atoms with Crippen LogP contribution in [-0.4, -0.2) is 62.7 Å². The lowest BCUT2D eigenvalue weighted by Crippen LogP contribution is -2.27. The number of nitrogens with zero attached hydrogens (tertiary/aromatic N) is 3. The number of ether oxygens (including phenoxy) is 3. The Labute approximate surface area is 179 Å². The van der Waals surface area contributed by atoms with Crippen LogP contribution >= 0.6 is 0 Å². The monoisotopic (exact) mass is 414 g/mol. The molecule has 2 heterocycles. The third-order valence-electron chi connectivity index (χ3n) is 5.36. The molecule has 1 saturated heterocycles. The van der Waals surface area contributed by atoms with Crippen molar-refractivity contribution in [3.8, 4) is 5.75 Å². The fraction of sp³-hybridized carbons (Fsp3) is 0.565. The molecule has 0 bridgehead atoms. The Bertz CT molecular complexity index is 783. The van der Waals surface area contributed by atoms with Crippen molar-refractivity contribution in [1.82, 2.24) is 4.90 Å². The molecule has 1 unspecified atom stereocenters. The van der Waals surface area contributed by atoms with Crippen LogP contribution in [0.2, 0.25) is 0 Å². The maximum absolute atomic E-state index is 6.44. The van der Waals surface area contributed by atoms with Gasteiger partial charge in [-0.3, -0.25) is 4.99 Å². The van der Waals surface area contributed by atoms with Crippen LogP contribution in [0.15, 0.2) is 34.8 Å². The number of rotatable bonds is 7. The lowest BCUT2D eigenvalue weighted by molar-refractivity contribution is 0.127. The van der Waals surface area contributed by atoms with Crippen LogP contribution in [0.3, 0.4) is 0 Å². The van der Waals surface area contributed by atoms with E-state index in [1.54, 1.807) is 0 Å². The third kappa shape index (κ3) is 5.83. The fourth-order valence-electron chi connectivity index (χ4n) is 3.69. The zero-order chi connectivity index (χ0) is 21.3. The standard InChI is InChI=1S/C23H34N4O3/c1-4-28-13-7-11-22-25-16-21(24)26-19-9-5-10-20(23(19)17(2)27(22)3)30-18-8-6-14-29-15-12-18/h5,9-10,18H,2,4,6-8,11-16H2,1,3H3,(H2,24,26)/b25-22-. The van der Waals surface area contributed by atoms with Gasteiger partial charge in [0.2, 0.25) is 0 Å². The molecular formula is C23H34N4O3. The van der Waals surface area contributed by atoms with E-state index in [9.17, 15) is 0 Å². The molecule has 1 fully saturated rings. The van der Waals surface area contributed by atoms with Crippen LogP contribution in [0.1, 0.15) is 44.6 Å². The Kier molecular flexibility index (Phi) is 8.28. The minimum atomic E-state index is 0.116. The topological polar surface area (TPSA) is 81.7 Å². The first-order valence-electron chi connectivity index (χ1n) is 10.8. The third-order valence-corrected chi connectivity index (χ3v) is 5.36. The summed E-state index contributed by atoms with van der Waals surface area (Å²) in [6.45, 7) is 9.67. The highest BCUT2D eigenvalue weighted by atomic mass is 16.5. The van der Waals surface area contributed by atoms with E-state index in [1.807, 2.05) is 37.1 Å². The molecule has 0 spiro atoms. The summed E-state index contributed by atoms with van der Waals surface area (Å²) in [5, 5.41) is 0. The molecule has 0 amide bonds. The Morgan fingerprint density at radius 1 is 1.30 bits per heavy atom. The molecule has 1 aromatic rings. The van der Waals surface area contributed by atoms with Crippen molar-refractivity contribution in [2.24, 2.45) is 15.7 Å². The molecule has 3 rings (SSSR count). The quantitative estimate of drug-likeness (QED) is 0.687. The molecule has 0 aliphatic carbocycles. The van der Waals surface area contributed by atoms with Crippen molar-refractivity contribution >= 4 is 23.1 Å². The normalized spacial score (nSPS) is 23.7. The van der Waals surface area contributed by atoms with Crippen LogP contribution in [0, 0.1) is 0 Å². The number of fused-ring (bicyclic) bond motifs is 1. The van der Waals surface area contributed by atoms with Crippen LogP contribution < -0.4 is 10.5 Å². The number of aliphatic imine (C=N–C) groups is 2. The molecule has 7 nitrogen and oxygen atoms in total. The van der Waals surface area contributed by atoms with Crippen LogP contribution in [-0.2, 0) is 9.47 Å². The Hall–Kier alpha value is -2.38. The van der Waals surface area contributed by atoms with Crippen molar-refractivity contribution in [2.75, 3.05) is 40.0 Å². The smallest absolute Gasteiger partial charge is 0.131 e. The zero-order valence-electron chi connectivity index (χ0n) is 18.2. The SMILES string of the molecule is C=C1c2c(cccc2OC2CCCOCC2)/N=C(/N)C/N=C(/CCCOCC)N1C. The van der Waals surface area contributed by atoms with Crippen LogP contribution in [0.25, 0.3) is 5.70 Å². The summed E-state index contributed by atoms with van der Waals surface area (Å²) in [5.74, 6) is 2.17. The van der Waals surface area contributed by atoms with Gasteiger partial charge in [-0.15, -0.1) is 0 Å². The number of nitrogens with two attached hydrogens (primary N) is 1. The lowest BCUT2D eigenvalue weighted by atomic mass is 10.1. The molecule has 1 atom stereocenters. The first kappa shape index (κ1) is 22.3. The van der Waals surface area contributed by atoms with Gasteiger partial charge in [-0.1, -0.05) is 12.6 Å². The van der Waals surface area contributed by atoms with E-state index in [-0.39, 0.29) is 6.10 Å². The number of benzene rings is 1. The summed E-state index contributed by atoms with van der Waals surface area (Å²) in [4.78, 5) is 11.4. The van der Waals surface area contributed by atoms with Crippen molar-refractivity contribution in [1.29, 1.82) is 0 Å². The van der Waals surface area contributed by atoms with Gasteiger partial charge in [-0.25, -0.2) is 4.99 Å². The lowest BCUT2D eigenvalue weighted by Gasteiger charge is -2.27. The Balaban J connectivity index is 1.88. The van der Waals surface area contributed by atoms with E-state index in [1.165, 1.54) is 0 Å². The highest BCUT2D eigenvalue weighted by molar-refractivity contribution is 5.97. The molecule has 2 aliphatic heterocycles. The molecule has 7 heteroatoms. The van der Waals surface area contributed by atoms with E-state index in [2.05, 4.69) is 11.6 Å². The van der Waals surface area contributed by atoms with Gasteiger partial charge in [-0.05, 0) is 38.3 Å². The van der Waals surface area contributed by atoms with E-state index in [0.717, 1.165) is 80.5 Å². The first-order chi connectivity index (χ1) is 14.6. The van der Waals surface area contributed by atoms with Gasteiger partial charge in [0.1, 0.15) is 23.5 Å². The van der Waals surface area contributed by atoms with Gasteiger partial charge in [0.15, 0.2) is 0 Å². The van der Waals surface area contributed by atoms with Gasteiger partial charge >= 0.3 is 0 Å². The Morgan fingerprint density at radius 3 is 3.00 bits per heavy atom. The van der Waals surface area contributed by atoms with Crippen molar-refractivity contribution in [3.05, 3.63) is 30.3 Å². The number of hydrogen-bond donors (Lipinski definition) is 1. The second-order valence-electron chi connectivity index (χ2n) is 7.58. The van der Waals surface area contributed by atoms with E-state index in [4.69, 9.17) is 24.9 Å². The second-order valence-corrected chi connectivity index (χ2v) is 7.58. The number of hydrogen-bond acceptors (Lipinski definition) is 7. The maximum Gasteiger partial charge on any atom is 0.131 e. The highest BCUT2D eigenvalue weighted by Gasteiger charge is 2.23. The minimum Gasteiger partial charge on any atom is -0.490 e. The molecule has 0 saturated carbocycles. The van der Waals surface area contributed by atoms with Crippen molar-refractivity contribution in [3.63, 3.8) is 0 Å². The zero-order valence-corrected chi connectivity index (χ0v) is 18.2. The molecule has 164 valence electrons. The summed E-state index contributed by atoms with van der Waals surface area (Å²) in [5.41, 5.74) is 8.62. The summed E-state index contributed by atoms with van der Waals surface area (Å²) in [6.07, 6.45) is 4.63. The van der Waals surface area contributed by atoms with Crippen molar-refractivity contribution < 1.29 is 14.2 Å². The molecule has 1 aromatic carbocycles. The van der Waals surface area contributed by atoms with E-state index >= 15 is 0 Å². The van der Waals surface area contributed by atoms with Gasteiger partial charge in [0, 0.05) is 45.4 Å². The van der Waals surface area contributed by atoms with E-state index < -0.39 is 0 Å². The average molecular weight is 415 g/mol. The molecule has 30 heavy (non-hydrogen) atoms.